The standard InChI is InChI=1S/C20H16N2O4/c21-12-5-3-4-11(10-12)17-15(19(23)24)9-8-14(18(17)20(25)26)13-6-1-2-7-16(13)22/h1-10H,21-22H2,(H,23,24)(H,25,26). The molecule has 0 spiro atoms. The Morgan fingerprint density at radius 3 is 2.12 bits per heavy atom. The van der Waals surface area contributed by atoms with Gasteiger partial charge in [-0.3, -0.25) is 0 Å². The van der Waals surface area contributed by atoms with Crippen molar-refractivity contribution in [2.24, 2.45) is 0 Å². The molecule has 0 amide bonds. The molecule has 6 nitrogen and oxygen atoms in total. The van der Waals surface area contributed by atoms with E-state index in [1.165, 1.54) is 12.1 Å². The van der Waals surface area contributed by atoms with E-state index in [1.807, 2.05) is 0 Å². The highest BCUT2D eigenvalue weighted by atomic mass is 16.4. The van der Waals surface area contributed by atoms with Crippen LogP contribution in [-0.2, 0) is 0 Å². The number of nitrogens with two attached hydrogens (primary N) is 2. The van der Waals surface area contributed by atoms with Crippen molar-refractivity contribution in [1.29, 1.82) is 0 Å². The number of hydrogen-bond donors (Lipinski definition) is 4. The first-order valence-corrected chi connectivity index (χ1v) is 7.74. The minimum Gasteiger partial charge on any atom is -0.478 e. The average Bonchev–Trinajstić information content (AvgIpc) is 2.60. The Morgan fingerprint density at radius 1 is 0.769 bits per heavy atom. The molecule has 0 fully saturated rings. The molecule has 0 heterocycles. The van der Waals surface area contributed by atoms with Gasteiger partial charge in [-0.15, -0.1) is 0 Å². The number of aromatic carboxylic acids is 2. The van der Waals surface area contributed by atoms with Crippen LogP contribution in [0.5, 0.6) is 0 Å². The highest BCUT2D eigenvalue weighted by molar-refractivity contribution is 6.10. The third kappa shape index (κ3) is 2.95. The first kappa shape index (κ1) is 17.0. The molecule has 3 aromatic carbocycles. The predicted molar refractivity (Wildman–Crippen MR) is 100 cm³/mol. The highest BCUT2D eigenvalue weighted by Gasteiger charge is 2.25. The molecule has 0 aliphatic carbocycles. The lowest BCUT2D eigenvalue weighted by Gasteiger charge is -2.16. The summed E-state index contributed by atoms with van der Waals surface area (Å²) in [5, 5.41) is 19.4. The van der Waals surface area contributed by atoms with Gasteiger partial charge in [-0.05, 0) is 35.4 Å². The summed E-state index contributed by atoms with van der Waals surface area (Å²) >= 11 is 0. The maximum Gasteiger partial charge on any atom is 0.336 e. The van der Waals surface area contributed by atoms with Gasteiger partial charge in [0.15, 0.2) is 0 Å². The highest BCUT2D eigenvalue weighted by Crippen LogP contribution is 2.37. The SMILES string of the molecule is Nc1cccc(-c2c(C(=O)O)ccc(-c3ccccc3N)c2C(=O)O)c1. The number of para-hydroxylation sites is 1. The Hall–Kier alpha value is -3.80. The van der Waals surface area contributed by atoms with Crippen molar-refractivity contribution >= 4 is 23.3 Å². The molecule has 3 aromatic rings. The second-order valence-electron chi connectivity index (χ2n) is 5.73. The predicted octanol–water partition coefficient (Wildman–Crippen LogP) is 3.58. The molecule has 3 rings (SSSR count). The summed E-state index contributed by atoms with van der Waals surface area (Å²) in [6, 6.07) is 16.1. The molecule has 6 heteroatoms. The molecule has 0 saturated heterocycles. The van der Waals surface area contributed by atoms with E-state index >= 15 is 0 Å². The summed E-state index contributed by atoms with van der Waals surface area (Å²) in [6.45, 7) is 0. The summed E-state index contributed by atoms with van der Waals surface area (Å²) in [7, 11) is 0. The van der Waals surface area contributed by atoms with Crippen LogP contribution in [0.25, 0.3) is 22.3 Å². The van der Waals surface area contributed by atoms with Gasteiger partial charge in [0.1, 0.15) is 0 Å². The molecule has 0 aliphatic heterocycles. The quantitative estimate of drug-likeness (QED) is 0.534. The Morgan fingerprint density at radius 2 is 1.50 bits per heavy atom. The van der Waals surface area contributed by atoms with Gasteiger partial charge >= 0.3 is 11.9 Å². The number of carboxylic acids is 2. The van der Waals surface area contributed by atoms with Gasteiger partial charge in [0.2, 0.25) is 0 Å². The first-order valence-electron chi connectivity index (χ1n) is 7.74. The smallest absolute Gasteiger partial charge is 0.336 e. The van der Waals surface area contributed by atoms with Gasteiger partial charge < -0.3 is 21.7 Å². The summed E-state index contributed by atoms with van der Waals surface area (Å²) < 4.78 is 0. The van der Waals surface area contributed by atoms with Crippen LogP contribution in [0.3, 0.4) is 0 Å². The van der Waals surface area contributed by atoms with Crippen molar-refractivity contribution in [2.45, 2.75) is 0 Å². The molecule has 0 aliphatic rings. The normalized spacial score (nSPS) is 10.5. The number of carbonyl (C=O) groups is 2. The molecule has 0 aromatic heterocycles. The van der Waals surface area contributed by atoms with E-state index in [0.29, 0.717) is 28.1 Å². The van der Waals surface area contributed by atoms with E-state index in [9.17, 15) is 19.8 Å². The minimum atomic E-state index is -1.25. The molecular formula is C20H16N2O4. The van der Waals surface area contributed by atoms with Crippen molar-refractivity contribution in [2.75, 3.05) is 11.5 Å². The Bertz CT molecular complexity index is 1030. The van der Waals surface area contributed by atoms with Crippen LogP contribution in [0.15, 0.2) is 60.7 Å². The van der Waals surface area contributed by atoms with Gasteiger partial charge in [-0.1, -0.05) is 36.4 Å². The Labute approximate surface area is 149 Å². The van der Waals surface area contributed by atoms with Gasteiger partial charge in [0.25, 0.3) is 0 Å². The van der Waals surface area contributed by atoms with Crippen LogP contribution in [0.1, 0.15) is 20.7 Å². The number of benzene rings is 3. The molecular weight excluding hydrogens is 332 g/mol. The number of rotatable bonds is 4. The lowest BCUT2D eigenvalue weighted by molar-refractivity contribution is 0.0696. The largest absolute Gasteiger partial charge is 0.478 e. The van der Waals surface area contributed by atoms with Crippen LogP contribution in [-0.4, -0.2) is 22.2 Å². The van der Waals surface area contributed by atoms with Crippen molar-refractivity contribution in [1.82, 2.24) is 0 Å². The third-order valence-electron chi connectivity index (χ3n) is 4.08. The lowest BCUT2D eigenvalue weighted by Crippen LogP contribution is -2.09. The van der Waals surface area contributed by atoms with E-state index in [2.05, 4.69) is 0 Å². The number of carboxylic acid groups (broad SMARTS) is 2. The molecule has 0 saturated carbocycles. The second kappa shape index (κ2) is 6.60. The molecule has 0 atom stereocenters. The molecule has 130 valence electrons. The van der Waals surface area contributed by atoms with Gasteiger partial charge in [-0.25, -0.2) is 9.59 Å². The maximum absolute atomic E-state index is 12.1. The van der Waals surface area contributed by atoms with Crippen LogP contribution in [0, 0.1) is 0 Å². The fourth-order valence-electron chi connectivity index (χ4n) is 2.96. The molecule has 0 bridgehead atoms. The zero-order chi connectivity index (χ0) is 18.8. The van der Waals surface area contributed by atoms with E-state index in [0.717, 1.165) is 0 Å². The average molecular weight is 348 g/mol. The fraction of sp³-hybridized carbons (Fsp3) is 0. The summed E-state index contributed by atoms with van der Waals surface area (Å²) in [5.74, 6) is -2.47. The summed E-state index contributed by atoms with van der Waals surface area (Å²) in [4.78, 5) is 23.8. The summed E-state index contributed by atoms with van der Waals surface area (Å²) in [6.07, 6.45) is 0. The van der Waals surface area contributed by atoms with Crippen molar-refractivity contribution in [3.63, 3.8) is 0 Å². The summed E-state index contributed by atoms with van der Waals surface area (Å²) in [5.41, 5.74) is 13.7. The van der Waals surface area contributed by atoms with Gasteiger partial charge in [0, 0.05) is 22.5 Å². The Kier molecular flexibility index (Phi) is 4.33. The van der Waals surface area contributed by atoms with Crippen molar-refractivity contribution in [3.05, 3.63) is 71.8 Å². The zero-order valence-electron chi connectivity index (χ0n) is 13.6. The fourth-order valence-corrected chi connectivity index (χ4v) is 2.96. The lowest BCUT2D eigenvalue weighted by atomic mass is 9.87. The number of hydrogen-bond acceptors (Lipinski definition) is 4. The molecule has 0 radical (unpaired) electrons. The van der Waals surface area contributed by atoms with E-state index in [-0.39, 0.29) is 16.7 Å². The van der Waals surface area contributed by atoms with E-state index in [1.54, 1.807) is 48.5 Å². The van der Waals surface area contributed by atoms with Crippen LogP contribution < -0.4 is 11.5 Å². The van der Waals surface area contributed by atoms with Crippen LogP contribution in [0.2, 0.25) is 0 Å². The topological polar surface area (TPSA) is 127 Å². The minimum absolute atomic E-state index is 0.0954. The molecule has 26 heavy (non-hydrogen) atoms. The van der Waals surface area contributed by atoms with Crippen molar-refractivity contribution in [3.8, 4) is 22.3 Å². The van der Waals surface area contributed by atoms with Crippen LogP contribution in [0.4, 0.5) is 11.4 Å². The van der Waals surface area contributed by atoms with Crippen LogP contribution >= 0.6 is 0 Å². The van der Waals surface area contributed by atoms with Crippen molar-refractivity contribution < 1.29 is 19.8 Å². The van der Waals surface area contributed by atoms with Gasteiger partial charge in [0.05, 0.1) is 11.1 Å². The zero-order valence-corrected chi connectivity index (χ0v) is 13.6. The molecule has 0 unspecified atom stereocenters. The third-order valence-corrected chi connectivity index (χ3v) is 4.08. The number of anilines is 2. The van der Waals surface area contributed by atoms with Gasteiger partial charge in [-0.2, -0.15) is 0 Å². The Balaban J connectivity index is 2.44. The molecule has 6 N–H and O–H groups in total. The first-order chi connectivity index (χ1) is 12.4. The van der Waals surface area contributed by atoms with E-state index < -0.39 is 11.9 Å². The monoisotopic (exact) mass is 348 g/mol. The second-order valence-corrected chi connectivity index (χ2v) is 5.73. The maximum atomic E-state index is 12.1. The van der Waals surface area contributed by atoms with E-state index in [4.69, 9.17) is 11.5 Å². The number of nitrogen functional groups attached to an aromatic ring is 2.